The van der Waals surface area contributed by atoms with Crippen LogP contribution < -0.4 is 0 Å². The second-order valence-corrected chi connectivity index (χ2v) is 9.11. The molecule has 0 amide bonds. The van der Waals surface area contributed by atoms with E-state index in [1.54, 1.807) is 24.3 Å². The molecule has 1 aliphatic heterocycles. The molecule has 28 heavy (non-hydrogen) atoms. The van der Waals surface area contributed by atoms with Crippen LogP contribution in [0, 0.1) is 18.8 Å². The maximum Gasteiger partial charge on any atom is 0.299 e. The Balaban J connectivity index is 1.60. The minimum absolute atomic E-state index is 0.143. The molecule has 0 saturated carbocycles. The molecule has 3 rings (SSSR count). The number of hydrogen-bond donors (Lipinski definition) is 0. The highest BCUT2D eigenvalue weighted by atomic mass is 32.2. The first kappa shape index (κ1) is 21.0. The van der Waals surface area contributed by atoms with Crippen LogP contribution in [-0.2, 0) is 30.4 Å². The zero-order valence-corrected chi connectivity index (χ0v) is 17.4. The highest BCUT2D eigenvalue weighted by Gasteiger charge is 2.36. The van der Waals surface area contributed by atoms with Crippen molar-refractivity contribution in [3.63, 3.8) is 0 Å². The highest BCUT2D eigenvalue weighted by molar-refractivity contribution is 7.86. The van der Waals surface area contributed by atoms with E-state index in [1.165, 1.54) is 0 Å². The SMILES string of the molecule is Cc1ccc(S(=O)(=O)O[C@@H]2C[C@@H](C)[C@H](C)C(COCc3ccccc3)O2)cc1. The Morgan fingerprint density at radius 3 is 2.39 bits per heavy atom. The summed E-state index contributed by atoms with van der Waals surface area (Å²) in [5, 5.41) is 0. The Kier molecular flexibility index (Phi) is 6.88. The fourth-order valence-electron chi connectivity index (χ4n) is 3.28. The molecule has 2 aromatic carbocycles. The summed E-state index contributed by atoms with van der Waals surface area (Å²) >= 11 is 0. The van der Waals surface area contributed by atoms with Crippen molar-refractivity contribution in [3.05, 3.63) is 65.7 Å². The van der Waals surface area contributed by atoms with E-state index in [-0.39, 0.29) is 22.8 Å². The molecule has 1 saturated heterocycles. The van der Waals surface area contributed by atoms with Crippen LogP contribution in [0.2, 0.25) is 0 Å². The number of aryl methyl sites for hydroxylation is 1. The zero-order valence-electron chi connectivity index (χ0n) is 16.6. The Morgan fingerprint density at radius 1 is 1.04 bits per heavy atom. The molecule has 2 aromatic rings. The zero-order chi connectivity index (χ0) is 20.1. The molecule has 1 unspecified atom stereocenters. The van der Waals surface area contributed by atoms with E-state index in [0.29, 0.717) is 19.6 Å². The number of hydrogen-bond acceptors (Lipinski definition) is 5. The summed E-state index contributed by atoms with van der Waals surface area (Å²) in [6.07, 6.45) is -0.491. The summed E-state index contributed by atoms with van der Waals surface area (Å²) in [5.74, 6) is 0.509. The summed E-state index contributed by atoms with van der Waals surface area (Å²) in [6.45, 7) is 6.99. The van der Waals surface area contributed by atoms with Crippen LogP contribution in [0.5, 0.6) is 0 Å². The van der Waals surface area contributed by atoms with Gasteiger partial charge < -0.3 is 9.47 Å². The van der Waals surface area contributed by atoms with Crippen molar-refractivity contribution < 1.29 is 22.1 Å². The predicted octanol–water partition coefficient (Wildman–Crippen LogP) is 4.30. The Hall–Kier alpha value is -1.73. The molecular weight excluding hydrogens is 376 g/mol. The third-order valence-electron chi connectivity index (χ3n) is 5.31. The van der Waals surface area contributed by atoms with Crippen LogP contribution in [0.15, 0.2) is 59.5 Å². The van der Waals surface area contributed by atoms with Crippen molar-refractivity contribution in [2.45, 2.75) is 51.1 Å². The highest BCUT2D eigenvalue weighted by Crippen LogP contribution is 2.32. The molecule has 0 spiro atoms. The van der Waals surface area contributed by atoms with Gasteiger partial charge in [0.2, 0.25) is 0 Å². The average molecular weight is 405 g/mol. The molecule has 152 valence electrons. The summed E-state index contributed by atoms with van der Waals surface area (Å²) in [7, 11) is -3.87. The molecule has 6 heteroatoms. The average Bonchev–Trinajstić information content (AvgIpc) is 2.66. The van der Waals surface area contributed by atoms with Crippen molar-refractivity contribution in [1.82, 2.24) is 0 Å². The van der Waals surface area contributed by atoms with Gasteiger partial charge in [0.25, 0.3) is 10.1 Å². The van der Waals surface area contributed by atoms with Gasteiger partial charge in [-0.2, -0.15) is 8.42 Å². The van der Waals surface area contributed by atoms with Crippen molar-refractivity contribution >= 4 is 10.1 Å². The van der Waals surface area contributed by atoms with Gasteiger partial charge in [0, 0.05) is 6.42 Å². The van der Waals surface area contributed by atoms with Gasteiger partial charge in [0.1, 0.15) is 0 Å². The van der Waals surface area contributed by atoms with Crippen molar-refractivity contribution in [2.75, 3.05) is 6.61 Å². The molecule has 1 aliphatic rings. The Labute approximate surface area is 167 Å². The van der Waals surface area contributed by atoms with Gasteiger partial charge in [-0.3, -0.25) is 0 Å². The minimum Gasteiger partial charge on any atom is -0.374 e. The van der Waals surface area contributed by atoms with Gasteiger partial charge in [-0.15, -0.1) is 0 Å². The monoisotopic (exact) mass is 404 g/mol. The number of rotatable bonds is 7. The fourth-order valence-corrected chi connectivity index (χ4v) is 4.27. The second-order valence-electron chi connectivity index (χ2n) is 7.54. The topological polar surface area (TPSA) is 61.8 Å². The molecule has 0 bridgehead atoms. The largest absolute Gasteiger partial charge is 0.374 e. The minimum atomic E-state index is -3.87. The molecular formula is C22H28O5S. The smallest absolute Gasteiger partial charge is 0.299 e. The number of ether oxygens (including phenoxy) is 2. The predicted molar refractivity (Wildman–Crippen MR) is 107 cm³/mol. The summed E-state index contributed by atoms with van der Waals surface area (Å²) < 4.78 is 42.3. The van der Waals surface area contributed by atoms with E-state index >= 15 is 0 Å². The molecule has 5 nitrogen and oxygen atoms in total. The Bertz CT molecular complexity index is 848. The molecule has 0 N–H and O–H groups in total. The first-order valence-corrected chi connectivity index (χ1v) is 11.0. The lowest BCUT2D eigenvalue weighted by atomic mass is 9.86. The van der Waals surface area contributed by atoms with Gasteiger partial charge >= 0.3 is 0 Å². The molecule has 1 fully saturated rings. The van der Waals surface area contributed by atoms with E-state index in [1.807, 2.05) is 37.3 Å². The van der Waals surface area contributed by atoms with Crippen molar-refractivity contribution in [2.24, 2.45) is 11.8 Å². The quantitative estimate of drug-likeness (QED) is 0.644. The summed E-state index contributed by atoms with van der Waals surface area (Å²) in [6, 6.07) is 16.5. The molecule has 0 radical (unpaired) electrons. The van der Waals surface area contributed by atoms with Gasteiger partial charge in [-0.1, -0.05) is 61.9 Å². The van der Waals surface area contributed by atoms with Crippen LogP contribution in [0.1, 0.15) is 31.4 Å². The normalized spacial score (nSPS) is 25.5. The molecule has 1 heterocycles. The summed E-state index contributed by atoms with van der Waals surface area (Å²) in [4.78, 5) is 0.143. The van der Waals surface area contributed by atoms with Crippen molar-refractivity contribution in [1.29, 1.82) is 0 Å². The first-order valence-electron chi connectivity index (χ1n) is 9.62. The van der Waals surface area contributed by atoms with E-state index in [0.717, 1.165) is 11.1 Å². The molecule has 4 atom stereocenters. The first-order chi connectivity index (χ1) is 13.3. The lowest BCUT2D eigenvalue weighted by molar-refractivity contribution is -0.196. The third kappa shape index (κ3) is 5.41. The van der Waals surface area contributed by atoms with Crippen LogP contribution in [0.25, 0.3) is 0 Å². The standard InChI is InChI=1S/C22H28O5S/c1-16-9-11-20(12-10-16)28(23,24)27-22-13-17(2)18(3)21(26-22)15-25-14-19-7-5-4-6-8-19/h4-12,17-18,21-22H,13-15H2,1-3H3/t17-,18+,21?,22-/m1/s1. The third-order valence-corrected chi connectivity index (χ3v) is 6.63. The van der Waals surface area contributed by atoms with E-state index < -0.39 is 16.4 Å². The maximum atomic E-state index is 12.6. The van der Waals surface area contributed by atoms with Crippen LogP contribution in [0.4, 0.5) is 0 Å². The van der Waals surface area contributed by atoms with Crippen LogP contribution in [-0.4, -0.2) is 27.4 Å². The lowest BCUT2D eigenvalue weighted by Gasteiger charge is -2.38. The Morgan fingerprint density at radius 2 is 1.71 bits per heavy atom. The van der Waals surface area contributed by atoms with E-state index in [9.17, 15) is 8.42 Å². The van der Waals surface area contributed by atoms with Crippen LogP contribution in [0.3, 0.4) is 0 Å². The van der Waals surface area contributed by atoms with Gasteiger partial charge in [-0.25, -0.2) is 4.18 Å². The fraction of sp³-hybridized carbons (Fsp3) is 0.455. The van der Waals surface area contributed by atoms with Gasteiger partial charge in [-0.05, 0) is 36.5 Å². The van der Waals surface area contributed by atoms with E-state index in [4.69, 9.17) is 13.7 Å². The lowest BCUT2D eigenvalue weighted by Crippen LogP contribution is -2.43. The second kappa shape index (κ2) is 9.18. The van der Waals surface area contributed by atoms with Gasteiger partial charge in [0.05, 0.1) is 24.2 Å². The molecule has 0 aliphatic carbocycles. The van der Waals surface area contributed by atoms with E-state index in [2.05, 4.69) is 13.8 Å². The number of benzene rings is 2. The maximum absolute atomic E-state index is 12.6. The van der Waals surface area contributed by atoms with Crippen LogP contribution >= 0.6 is 0 Å². The molecule has 0 aromatic heterocycles. The van der Waals surface area contributed by atoms with Gasteiger partial charge in [0.15, 0.2) is 6.29 Å². The summed E-state index contributed by atoms with van der Waals surface area (Å²) in [5.41, 5.74) is 2.08. The van der Waals surface area contributed by atoms with Crippen molar-refractivity contribution in [3.8, 4) is 0 Å².